The first-order valence-corrected chi connectivity index (χ1v) is 14.6. The van der Waals surface area contributed by atoms with E-state index in [9.17, 15) is 0 Å². The van der Waals surface area contributed by atoms with Crippen LogP contribution in [0.2, 0.25) is 0 Å². The highest BCUT2D eigenvalue weighted by atomic mass is 15.0. The minimum atomic E-state index is 0.612. The molecule has 0 unspecified atom stereocenters. The lowest BCUT2D eigenvalue weighted by molar-refractivity contribution is 1.07. The lowest BCUT2D eigenvalue weighted by atomic mass is 9.99. The molecular weight excluding hydrogens is 538 g/mol. The van der Waals surface area contributed by atoms with Gasteiger partial charge in [-0.15, -0.1) is 0 Å². The molecule has 8 aromatic rings. The van der Waals surface area contributed by atoms with Crippen molar-refractivity contribution < 1.29 is 0 Å². The van der Waals surface area contributed by atoms with E-state index < -0.39 is 0 Å². The zero-order valence-corrected chi connectivity index (χ0v) is 24.1. The molecule has 0 aliphatic heterocycles. The van der Waals surface area contributed by atoms with Gasteiger partial charge in [0.2, 0.25) is 0 Å². The molecule has 0 aliphatic rings. The Morgan fingerprint density at radius 1 is 0.477 bits per heavy atom. The Morgan fingerprint density at radius 3 is 1.82 bits per heavy atom. The third-order valence-electron chi connectivity index (χ3n) is 8.00. The van der Waals surface area contributed by atoms with Crippen LogP contribution in [-0.2, 0) is 0 Å². The average molecular weight is 566 g/mol. The molecular formula is C39H27N5. The first kappa shape index (κ1) is 25.7. The maximum Gasteiger partial charge on any atom is 0.164 e. The zero-order valence-electron chi connectivity index (χ0n) is 24.1. The standard InChI is InChI=1S/C39H27N5/c1-26-18-21-36-34(23-26)31-16-8-9-17-35(31)44(36)30-19-20-32(33(24-30)29-15-10-22-40-25-29)39-42-37(27-11-4-2-5-12-27)41-38(43-39)28-13-6-3-7-14-28/h2-25H,1H3. The van der Waals surface area contributed by atoms with Gasteiger partial charge in [-0.05, 0) is 55.0 Å². The molecule has 0 bridgehead atoms. The topological polar surface area (TPSA) is 56.5 Å². The summed E-state index contributed by atoms with van der Waals surface area (Å²) in [5.74, 6) is 1.88. The zero-order chi connectivity index (χ0) is 29.5. The Hall–Kier alpha value is -5.94. The van der Waals surface area contributed by atoms with E-state index in [-0.39, 0.29) is 0 Å². The molecule has 5 nitrogen and oxygen atoms in total. The summed E-state index contributed by atoms with van der Waals surface area (Å²) in [6, 6.07) is 46.0. The molecule has 0 radical (unpaired) electrons. The highest BCUT2D eigenvalue weighted by Gasteiger charge is 2.18. The van der Waals surface area contributed by atoms with Crippen molar-refractivity contribution >= 4 is 21.8 Å². The summed E-state index contributed by atoms with van der Waals surface area (Å²) in [4.78, 5) is 19.4. The maximum atomic E-state index is 5.04. The SMILES string of the molecule is Cc1ccc2c(c1)c1ccccc1n2-c1ccc(-c2nc(-c3ccccc3)nc(-c3ccccc3)n2)c(-c2cccnc2)c1. The van der Waals surface area contributed by atoms with Gasteiger partial charge in [0.25, 0.3) is 0 Å². The third-order valence-corrected chi connectivity index (χ3v) is 8.00. The molecule has 0 fully saturated rings. The number of fused-ring (bicyclic) bond motifs is 3. The lowest BCUT2D eigenvalue weighted by Gasteiger charge is -2.15. The number of aromatic nitrogens is 5. The third kappa shape index (κ3) is 4.52. The molecule has 0 aliphatic carbocycles. The fraction of sp³-hybridized carbons (Fsp3) is 0.0256. The van der Waals surface area contributed by atoms with Crippen molar-refractivity contribution in [3.63, 3.8) is 0 Å². The van der Waals surface area contributed by atoms with E-state index >= 15 is 0 Å². The fourth-order valence-electron chi connectivity index (χ4n) is 5.92. The van der Waals surface area contributed by atoms with Gasteiger partial charge in [0, 0.05) is 51.1 Å². The Bertz CT molecular complexity index is 2220. The maximum absolute atomic E-state index is 5.04. The predicted octanol–water partition coefficient (Wildman–Crippen LogP) is 9.34. The molecule has 5 aromatic carbocycles. The molecule has 0 saturated carbocycles. The van der Waals surface area contributed by atoms with E-state index in [1.165, 1.54) is 21.9 Å². The van der Waals surface area contributed by atoms with E-state index in [1.807, 2.05) is 72.9 Å². The van der Waals surface area contributed by atoms with Crippen molar-refractivity contribution in [2.45, 2.75) is 6.92 Å². The molecule has 44 heavy (non-hydrogen) atoms. The van der Waals surface area contributed by atoms with Gasteiger partial charge < -0.3 is 4.57 Å². The largest absolute Gasteiger partial charge is 0.309 e. The molecule has 3 heterocycles. The number of hydrogen-bond donors (Lipinski definition) is 0. The van der Waals surface area contributed by atoms with Crippen LogP contribution >= 0.6 is 0 Å². The number of benzene rings is 5. The first-order valence-electron chi connectivity index (χ1n) is 14.6. The smallest absolute Gasteiger partial charge is 0.164 e. The second-order valence-corrected chi connectivity index (χ2v) is 10.9. The van der Waals surface area contributed by atoms with Crippen LogP contribution in [0.4, 0.5) is 0 Å². The van der Waals surface area contributed by atoms with Crippen molar-refractivity contribution in [1.29, 1.82) is 0 Å². The van der Waals surface area contributed by atoms with Gasteiger partial charge in [-0.3, -0.25) is 4.98 Å². The average Bonchev–Trinajstić information content (AvgIpc) is 3.42. The van der Waals surface area contributed by atoms with E-state index in [0.29, 0.717) is 17.5 Å². The molecule has 8 rings (SSSR count). The van der Waals surface area contributed by atoms with Crippen molar-refractivity contribution in [1.82, 2.24) is 24.5 Å². The summed E-state index contributed by atoms with van der Waals surface area (Å²) in [6.07, 6.45) is 3.70. The highest BCUT2D eigenvalue weighted by Crippen LogP contribution is 2.37. The van der Waals surface area contributed by atoms with Gasteiger partial charge >= 0.3 is 0 Å². The fourth-order valence-corrected chi connectivity index (χ4v) is 5.92. The quantitative estimate of drug-likeness (QED) is 0.209. The molecule has 208 valence electrons. The summed E-state index contributed by atoms with van der Waals surface area (Å²) in [5, 5.41) is 2.47. The Balaban J connectivity index is 1.39. The van der Waals surface area contributed by atoms with Crippen molar-refractivity contribution in [2.24, 2.45) is 0 Å². The van der Waals surface area contributed by atoms with Gasteiger partial charge in [0.05, 0.1) is 11.0 Å². The van der Waals surface area contributed by atoms with Crippen LogP contribution in [0.3, 0.4) is 0 Å². The summed E-state index contributed by atoms with van der Waals surface area (Å²) >= 11 is 0. The van der Waals surface area contributed by atoms with Crippen LogP contribution in [0.15, 0.2) is 146 Å². The van der Waals surface area contributed by atoms with Crippen LogP contribution in [-0.4, -0.2) is 24.5 Å². The van der Waals surface area contributed by atoms with Crippen molar-refractivity contribution in [3.05, 3.63) is 151 Å². The second kappa shape index (κ2) is 10.7. The summed E-state index contributed by atoms with van der Waals surface area (Å²) in [5.41, 5.74) is 9.41. The molecule has 0 N–H and O–H groups in total. The highest BCUT2D eigenvalue weighted by molar-refractivity contribution is 6.09. The molecule has 3 aromatic heterocycles. The Morgan fingerprint density at radius 2 is 1.11 bits per heavy atom. The van der Waals surface area contributed by atoms with Crippen LogP contribution < -0.4 is 0 Å². The monoisotopic (exact) mass is 565 g/mol. The van der Waals surface area contributed by atoms with Crippen LogP contribution in [0.25, 0.3) is 72.8 Å². The Kier molecular flexibility index (Phi) is 6.27. The number of nitrogens with zero attached hydrogens (tertiary/aromatic N) is 5. The van der Waals surface area contributed by atoms with E-state index in [1.54, 1.807) is 6.20 Å². The van der Waals surface area contributed by atoms with Gasteiger partial charge in [-0.25, -0.2) is 15.0 Å². The summed E-state index contributed by atoms with van der Waals surface area (Å²) in [6.45, 7) is 2.14. The van der Waals surface area contributed by atoms with Gasteiger partial charge in [0.1, 0.15) is 0 Å². The van der Waals surface area contributed by atoms with Crippen LogP contribution in [0.5, 0.6) is 0 Å². The lowest BCUT2D eigenvalue weighted by Crippen LogP contribution is -2.02. The van der Waals surface area contributed by atoms with Gasteiger partial charge in [-0.1, -0.05) is 96.6 Å². The van der Waals surface area contributed by atoms with E-state index in [0.717, 1.165) is 39.0 Å². The second-order valence-electron chi connectivity index (χ2n) is 10.9. The van der Waals surface area contributed by atoms with E-state index in [4.69, 9.17) is 15.0 Å². The number of para-hydroxylation sites is 1. The van der Waals surface area contributed by atoms with Gasteiger partial charge in [-0.2, -0.15) is 0 Å². The van der Waals surface area contributed by atoms with Crippen LogP contribution in [0.1, 0.15) is 5.56 Å². The van der Waals surface area contributed by atoms with Crippen molar-refractivity contribution in [2.75, 3.05) is 0 Å². The first-order chi connectivity index (χ1) is 21.7. The van der Waals surface area contributed by atoms with Crippen LogP contribution in [0, 0.1) is 6.92 Å². The number of rotatable bonds is 5. The summed E-state index contributed by atoms with van der Waals surface area (Å²) in [7, 11) is 0. The summed E-state index contributed by atoms with van der Waals surface area (Å²) < 4.78 is 2.34. The molecule has 5 heteroatoms. The molecule has 0 saturated heterocycles. The molecule has 0 amide bonds. The van der Waals surface area contributed by atoms with Gasteiger partial charge in [0.15, 0.2) is 17.5 Å². The van der Waals surface area contributed by atoms with Crippen molar-refractivity contribution in [3.8, 4) is 51.0 Å². The number of aryl methyl sites for hydroxylation is 1. The number of pyridine rings is 1. The number of hydrogen-bond acceptors (Lipinski definition) is 4. The minimum absolute atomic E-state index is 0.612. The molecule has 0 atom stereocenters. The molecule has 0 spiro atoms. The predicted molar refractivity (Wildman–Crippen MR) is 178 cm³/mol. The normalized spacial score (nSPS) is 11.3. The minimum Gasteiger partial charge on any atom is -0.309 e. The van der Waals surface area contributed by atoms with E-state index in [2.05, 4.69) is 83.2 Å². The Labute approximate surface area is 255 Å².